The third kappa shape index (κ3) is 5.40. The smallest absolute Gasteiger partial charge is 0.317 e. The first-order valence-corrected chi connectivity index (χ1v) is 6.54. The maximum absolute atomic E-state index is 10.9. The van der Waals surface area contributed by atoms with Crippen molar-refractivity contribution in [2.45, 2.75) is 26.9 Å². The third-order valence-electron chi connectivity index (χ3n) is 2.89. The predicted octanol–water partition coefficient (Wildman–Crippen LogP) is 0.660. The van der Waals surface area contributed by atoms with E-state index in [9.17, 15) is 4.79 Å². The van der Waals surface area contributed by atoms with E-state index in [4.69, 9.17) is 5.11 Å². The zero-order valence-electron chi connectivity index (χ0n) is 12.3. The zero-order valence-corrected chi connectivity index (χ0v) is 12.3. The van der Waals surface area contributed by atoms with Crippen LogP contribution in [0.5, 0.6) is 0 Å². The monoisotopic (exact) mass is 268 g/mol. The number of carboxylic acids is 1. The number of rotatable bonds is 8. The zero-order chi connectivity index (χ0) is 14.4. The molecular formula is C13H24N4O2. The highest BCUT2D eigenvalue weighted by Crippen LogP contribution is 2.07. The molecule has 0 amide bonds. The highest BCUT2D eigenvalue weighted by atomic mass is 16.4. The molecule has 6 nitrogen and oxygen atoms in total. The van der Waals surface area contributed by atoms with Crippen LogP contribution in [-0.2, 0) is 17.9 Å². The Labute approximate surface area is 114 Å². The van der Waals surface area contributed by atoms with Gasteiger partial charge in [0.25, 0.3) is 0 Å². The summed E-state index contributed by atoms with van der Waals surface area (Å²) in [5, 5.41) is 13.4. The molecule has 0 radical (unpaired) electrons. The first kappa shape index (κ1) is 15.7. The van der Waals surface area contributed by atoms with Gasteiger partial charge in [-0.2, -0.15) is 5.10 Å². The Morgan fingerprint density at radius 1 is 1.42 bits per heavy atom. The Bertz CT molecular complexity index is 415. The van der Waals surface area contributed by atoms with Crippen molar-refractivity contribution in [2.75, 3.05) is 33.7 Å². The molecule has 0 aromatic carbocycles. The number of carboxylic acid groups (broad SMARTS) is 1. The molecule has 1 N–H and O–H groups in total. The molecule has 1 rings (SSSR count). The highest BCUT2D eigenvalue weighted by Gasteiger charge is 2.13. The van der Waals surface area contributed by atoms with Gasteiger partial charge >= 0.3 is 5.97 Å². The number of hydrogen-bond donors (Lipinski definition) is 1. The van der Waals surface area contributed by atoms with E-state index in [-0.39, 0.29) is 6.54 Å². The van der Waals surface area contributed by atoms with Crippen molar-refractivity contribution in [3.05, 3.63) is 17.5 Å². The molecule has 0 aliphatic carbocycles. The standard InChI is InChI=1S/C13H24N4O2/c1-5-17-12(8-11(2)14-17)9-16(10-13(18)19)7-6-15(3)4/h8H,5-7,9-10H2,1-4H3,(H,18,19). The fourth-order valence-corrected chi connectivity index (χ4v) is 1.98. The van der Waals surface area contributed by atoms with Crippen molar-refractivity contribution in [3.63, 3.8) is 0 Å². The first-order chi connectivity index (χ1) is 8.92. The lowest BCUT2D eigenvalue weighted by molar-refractivity contribution is -0.138. The molecule has 19 heavy (non-hydrogen) atoms. The summed E-state index contributed by atoms with van der Waals surface area (Å²) in [7, 11) is 3.97. The van der Waals surface area contributed by atoms with Gasteiger partial charge < -0.3 is 10.0 Å². The SMILES string of the molecule is CCn1nc(C)cc1CN(CCN(C)C)CC(=O)O. The van der Waals surface area contributed by atoms with E-state index in [2.05, 4.69) is 10.00 Å². The Balaban J connectivity index is 2.71. The number of nitrogens with zero attached hydrogens (tertiary/aromatic N) is 4. The fraction of sp³-hybridized carbons (Fsp3) is 0.692. The summed E-state index contributed by atoms with van der Waals surface area (Å²) in [4.78, 5) is 14.9. The number of likely N-dealkylation sites (N-methyl/N-ethyl adjacent to an activating group) is 1. The average Bonchev–Trinajstić information content (AvgIpc) is 2.65. The minimum absolute atomic E-state index is 0.0573. The molecule has 6 heteroatoms. The molecule has 1 aromatic heterocycles. The van der Waals surface area contributed by atoms with Crippen molar-refractivity contribution in [3.8, 4) is 0 Å². The van der Waals surface area contributed by atoms with Gasteiger partial charge in [-0.1, -0.05) is 0 Å². The Morgan fingerprint density at radius 3 is 2.63 bits per heavy atom. The molecule has 0 saturated heterocycles. The minimum atomic E-state index is -0.793. The van der Waals surface area contributed by atoms with Gasteiger partial charge in [0.1, 0.15) is 0 Å². The molecule has 0 unspecified atom stereocenters. The van der Waals surface area contributed by atoms with Crippen molar-refractivity contribution in [1.29, 1.82) is 0 Å². The summed E-state index contributed by atoms with van der Waals surface area (Å²) in [5.41, 5.74) is 2.04. The van der Waals surface area contributed by atoms with E-state index in [1.807, 2.05) is 43.6 Å². The summed E-state index contributed by atoms with van der Waals surface area (Å²) in [6.45, 7) is 7.04. The summed E-state index contributed by atoms with van der Waals surface area (Å²) in [6, 6.07) is 2.02. The van der Waals surface area contributed by atoms with Crippen LogP contribution < -0.4 is 0 Å². The lowest BCUT2D eigenvalue weighted by Gasteiger charge is -2.22. The van der Waals surface area contributed by atoms with Gasteiger partial charge in [-0.3, -0.25) is 14.4 Å². The van der Waals surface area contributed by atoms with Crippen LogP contribution in [0.25, 0.3) is 0 Å². The van der Waals surface area contributed by atoms with Crippen LogP contribution in [0.2, 0.25) is 0 Å². The molecule has 0 saturated carbocycles. The van der Waals surface area contributed by atoms with Gasteiger partial charge in [0.15, 0.2) is 0 Å². The van der Waals surface area contributed by atoms with Crippen LogP contribution in [0.4, 0.5) is 0 Å². The van der Waals surface area contributed by atoms with Crippen LogP contribution in [0, 0.1) is 6.92 Å². The fourth-order valence-electron chi connectivity index (χ4n) is 1.98. The lowest BCUT2D eigenvalue weighted by atomic mass is 10.3. The largest absolute Gasteiger partial charge is 0.480 e. The second-order valence-electron chi connectivity index (χ2n) is 5.00. The number of carbonyl (C=O) groups is 1. The number of hydrogen-bond acceptors (Lipinski definition) is 4. The molecule has 0 spiro atoms. The number of aryl methyl sites for hydroxylation is 2. The van der Waals surface area contributed by atoms with E-state index >= 15 is 0 Å². The van der Waals surface area contributed by atoms with Crippen molar-refractivity contribution >= 4 is 5.97 Å². The molecule has 0 atom stereocenters. The molecule has 108 valence electrons. The van der Waals surface area contributed by atoms with Gasteiger partial charge in [-0.05, 0) is 34.0 Å². The van der Waals surface area contributed by atoms with Crippen LogP contribution in [-0.4, -0.2) is 64.4 Å². The van der Waals surface area contributed by atoms with E-state index < -0.39 is 5.97 Å². The summed E-state index contributed by atoms with van der Waals surface area (Å²) >= 11 is 0. The Morgan fingerprint density at radius 2 is 2.11 bits per heavy atom. The summed E-state index contributed by atoms with van der Waals surface area (Å²) in [6.07, 6.45) is 0. The molecule has 0 bridgehead atoms. The summed E-state index contributed by atoms with van der Waals surface area (Å²) in [5.74, 6) is -0.793. The van der Waals surface area contributed by atoms with Crippen molar-refractivity contribution in [2.24, 2.45) is 0 Å². The topological polar surface area (TPSA) is 61.6 Å². The molecule has 1 aromatic rings. The van der Waals surface area contributed by atoms with Crippen molar-refractivity contribution in [1.82, 2.24) is 19.6 Å². The van der Waals surface area contributed by atoms with Crippen LogP contribution >= 0.6 is 0 Å². The van der Waals surface area contributed by atoms with Gasteiger partial charge in [0.05, 0.1) is 17.9 Å². The Hall–Kier alpha value is -1.40. The quantitative estimate of drug-likeness (QED) is 0.750. The van der Waals surface area contributed by atoms with E-state index in [1.165, 1.54) is 0 Å². The lowest BCUT2D eigenvalue weighted by Crippen LogP contribution is -2.35. The molecule has 0 aliphatic heterocycles. The maximum Gasteiger partial charge on any atom is 0.317 e. The highest BCUT2D eigenvalue weighted by molar-refractivity contribution is 5.69. The summed E-state index contributed by atoms with van der Waals surface area (Å²) < 4.78 is 1.93. The number of aliphatic carboxylic acids is 1. The molecular weight excluding hydrogens is 244 g/mol. The molecule has 1 heterocycles. The third-order valence-corrected chi connectivity index (χ3v) is 2.89. The second kappa shape index (κ2) is 7.25. The second-order valence-corrected chi connectivity index (χ2v) is 5.00. The van der Waals surface area contributed by atoms with Gasteiger partial charge in [0.2, 0.25) is 0 Å². The Kier molecular flexibility index (Phi) is 5.98. The normalized spacial score (nSPS) is 11.5. The van der Waals surface area contributed by atoms with Gasteiger partial charge in [-0.25, -0.2) is 0 Å². The number of aromatic nitrogens is 2. The van der Waals surface area contributed by atoms with E-state index in [0.717, 1.165) is 31.0 Å². The predicted molar refractivity (Wildman–Crippen MR) is 74.1 cm³/mol. The average molecular weight is 268 g/mol. The molecule has 0 aliphatic rings. The van der Waals surface area contributed by atoms with Crippen LogP contribution in [0.3, 0.4) is 0 Å². The maximum atomic E-state index is 10.9. The van der Waals surface area contributed by atoms with E-state index in [0.29, 0.717) is 6.54 Å². The minimum Gasteiger partial charge on any atom is -0.480 e. The van der Waals surface area contributed by atoms with Gasteiger partial charge in [0, 0.05) is 26.2 Å². The van der Waals surface area contributed by atoms with Crippen molar-refractivity contribution < 1.29 is 9.90 Å². The van der Waals surface area contributed by atoms with Gasteiger partial charge in [-0.15, -0.1) is 0 Å². The van der Waals surface area contributed by atoms with E-state index in [1.54, 1.807) is 0 Å². The van der Waals surface area contributed by atoms with Crippen LogP contribution in [0.1, 0.15) is 18.3 Å². The van der Waals surface area contributed by atoms with Crippen LogP contribution in [0.15, 0.2) is 6.07 Å². The first-order valence-electron chi connectivity index (χ1n) is 6.54. The molecule has 0 fully saturated rings.